The third kappa shape index (κ3) is 1.96. The smallest absolute Gasteiger partial charge is 0.240 e. The quantitative estimate of drug-likeness (QED) is 0.747. The number of amides is 2. The monoisotopic (exact) mass is 247 g/mol. The van der Waals surface area contributed by atoms with Gasteiger partial charge in [-0.05, 0) is 31.4 Å². The van der Waals surface area contributed by atoms with Crippen molar-refractivity contribution in [1.82, 2.24) is 4.98 Å². The molecule has 0 saturated heterocycles. The number of hydrogen-bond acceptors (Lipinski definition) is 3. The Hall–Kier alpha value is -1.91. The van der Waals surface area contributed by atoms with Gasteiger partial charge in [-0.2, -0.15) is 0 Å². The van der Waals surface area contributed by atoms with Crippen molar-refractivity contribution in [3.8, 4) is 0 Å². The van der Waals surface area contributed by atoms with Crippen LogP contribution in [0.4, 0.5) is 11.5 Å². The molecule has 1 aromatic heterocycles. The number of nitrogens with one attached hydrogen (secondary N) is 2. The molecule has 0 fully saturated rings. The number of pyridine rings is 1. The summed E-state index contributed by atoms with van der Waals surface area (Å²) >= 11 is 0. The Morgan fingerprint density at radius 2 is 1.78 bits per heavy atom. The van der Waals surface area contributed by atoms with E-state index in [0.29, 0.717) is 17.4 Å². The molecule has 5 nitrogen and oxygen atoms in total. The van der Waals surface area contributed by atoms with E-state index < -0.39 is 5.41 Å². The lowest BCUT2D eigenvalue weighted by molar-refractivity contribution is -0.134. The van der Waals surface area contributed by atoms with Crippen molar-refractivity contribution in [3.63, 3.8) is 0 Å². The Labute approximate surface area is 106 Å². The van der Waals surface area contributed by atoms with Gasteiger partial charge in [0.15, 0.2) is 5.82 Å². The zero-order valence-electron chi connectivity index (χ0n) is 11.0. The van der Waals surface area contributed by atoms with Gasteiger partial charge in [0.05, 0.1) is 5.69 Å². The topological polar surface area (TPSA) is 71.1 Å². The van der Waals surface area contributed by atoms with Gasteiger partial charge in [-0.25, -0.2) is 4.98 Å². The summed E-state index contributed by atoms with van der Waals surface area (Å²) in [6, 6.07) is 1.85. The van der Waals surface area contributed by atoms with Crippen LogP contribution in [-0.4, -0.2) is 16.8 Å². The van der Waals surface area contributed by atoms with Gasteiger partial charge in [0, 0.05) is 6.20 Å². The maximum absolute atomic E-state index is 12.0. The maximum Gasteiger partial charge on any atom is 0.240 e. The Kier molecular flexibility index (Phi) is 2.84. The Morgan fingerprint density at radius 3 is 2.39 bits per heavy atom. The Balaban J connectivity index is 2.47. The fourth-order valence-electron chi connectivity index (χ4n) is 1.64. The summed E-state index contributed by atoms with van der Waals surface area (Å²) in [7, 11) is 0. The third-order valence-electron chi connectivity index (χ3n) is 3.19. The summed E-state index contributed by atoms with van der Waals surface area (Å²) in [5.41, 5.74) is 0.478. The van der Waals surface area contributed by atoms with Gasteiger partial charge in [0.1, 0.15) is 5.41 Å². The average Bonchev–Trinajstić information content (AvgIpc) is 2.37. The van der Waals surface area contributed by atoms with Gasteiger partial charge < -0.3 is 10.6 Å². The average molecular weight is 247 g/mol. The molecule has 2 amide bonds. The van der Waals surface area contributed by atoms with Crippen LogP contribution in [0, 0.1) is 5.41 Å². The highest BCUT2D eigenvalue weighted by atomic mass is 16.2. The van der Waals surface area contributed by atoms with Crippen LogP contribution in [0.25, 0.3) is 0 Å². The van der Waals surface area contributed by atoms with Crippen molar-refractivity contribution in [3.05, 3.63) is 17.8 Å². The van der Waals surface area contributed by atoms with Gasteiger partial charge in [-0.15, -0.1) is 0 Å². The zero-order valence-corrected chi connectivity index (χ0v) is 11.0. The minimum Gasteiger partial charge on any atom is -0.322 e. The van der Waals surface area contributed by atoms with E-state index in [-0.39, 0.29) is 11.8 Å². The second-order valence-electron chi connectivity index (χ2n) is 5.35. The maximum atomic E-state index is 12.0. The number of nitrogens with zero attached hydrogens (tertiary/aromatic N) is 1. The fourth-order valence-corrected chi connectivity index (χ4v) is 1.64. The molecule has 2 N–H and O–H groups in total. The minimum absolute atomic E-state index is 0.312. The first kappa shape index (κ1) is 12.5. The highest BCUT2D eigenvalue weighted by molar-refractivity contribution is 6.17. The molecular formula is C13H17N3O2. The molecule has 0 bridgehead atoms. The summed E-state index contributed by atoms with van der Waals surface area (Å²) in [4.78, 5) is 28.1. The van der Waals surface area contributed by atoms with Crippen LogP contribution in [0.15, 0.2) is 12.3 Å². The van der Waals surface area contributed by atoms with Gasteiger partial charge in [0.25, 0.3) is 0 Å². The predicted molar refractivity (Wildman–Crippen MR) is 69.4 cm³/mol. The molecule has 1 aromatic rings. The number of hydrogen-bond donors (Lipinski definition) is 2. The first-order valence-corrected chi connectivity index (χ1v) is 5.95. The standard InChI is InChI=1S/C13H17N3O2/c1-7(2)8-5-9-10(14-6-8)16-12(18)13(3,4)11(17)15-9/h5-7H,1-4H3,(H,15,17)(H,14,16,18). The van der Waals surface area contributed by atoms with E-state index in [1.165, 1.54) is 0 Å². The number of carbonyl (C=O) groups excluding carboxylic acids is 2. The van der Waals surface area contributed by atoms with Crippen molar-refractivity contribution < 1.29 is 9.59 Å². The van der Waals surface area contributed by atoms with E-state index in [4.69, 9.17) is 0 Å². The molecule has 0 aromatic carbocycles. The van der Waals surface area contributed by atoms with Crippen LogP contribution in [0.1, 0.15) is 39.2 Å². The zero-order chi connectivity index (χ0) is 13.5. The summed E-state index contributed by atoms with van der Waals surface area (Å²) in [5, 5.41) is 5.43. The molecule has 2 rings (SSSR count). The van der Waals surface area contributed by atoms with Gasteiger partial charge >= 0.3 is 0 Å². The molecule has 0 radical (unpaired) electrons. The Bertz CT molecular complexity index is 521. The van der Waals surface area contributed by atoms with Gasteiger partial charge in [-0.3, -0.25) is 9.59 Å². The number of carbonyl (C=O) groups is 2. The summed E-state index contributed by atoms with van der Waals surface area (Å²) in [6.07, 6.45) is 1.72. The highest BCUT2D eigenvalue weighted by Crippen LogP contribution is 2.31. The predicted octanol–water partition coefficient (Wildman–Crippen LogP) is 2.12. The summed E-state index contributed by atoms with van der Waals surface area (Å²) < 4.78 is 0. The van der Waals surface area contributed by atoms with E-state index >= 15 is 0 Å². The van der Waals surface area contributed by atoms with Crippen molar-refractivity contribution in [2.24, 2.45) is 5.41 Å². The molecule has 1 aliphatic heterocycles. The number of rotatable bonds is 1. The van der Waals surface area contributed by atoms with Crippen molar-refractivity contribution >= 4 is 23.3 Å². The lowest BCUT2D eigenvalue weighted by atomic mass is 9.91. The number of anilines is 2. The van der Waals surface area contributed by atoms with E-state index in [2.05, 4.69) is 15.6 Å². The molecule has 96 valence electrons. The molecule has 0 atom stereocenters. The van der Waals surface area contributed by atoms with E-state index in [1.807, 2.05) is 19.9 Å². The molecule has 5 heteroatoms. The van der Waals surface area contributed by atoms with Crippen LogP contribution < -0.4 is 10.6 Å². The second kappa shape index (κ2) is 4.08. The molecular weight excluding hydrogens is 230 g/mol. The number of aromatic nitrogens is 1. The van der Waals surface area contributed by atoms with Gasteiger partial charge in [0.2, 0.25) is 11.8 Å². The third-order valence-corrected chi connectivity index (χ3v) is 3.19. The van der Waals surface area contributed by atoms with Crippen LogP contribution in [-0.2, 0) is 9.59 Å². The van der Waals surface area contributed by atoms with E-state index in [9.17, 15) is 9.59 Å². The van der Waals surface area contributed by atoms with Crippen LogP contribution in [0.3, 0.4) is 0 Å². The first-order valence-electron chi connectivity index (χ1n) is 5.95. The Morgan fingerprint density at radius 1 is 1.17 bits per heavy atom. The minimum atomic E-state index is -1.10. The van der Waals surface area contributed by atoms with E-state index in [0.717, 1.165) is 5.56 Å². The lowest BCUT2D eigenvalue weighted by Gasteiger charge is -2.17. The largest absolute Gasteiger partial charge is 0.322 e. The van der Waals surface area contributed by atoms with Crippen molar-refractivity contribution in [2.45, 2.75) is 33.6 Å². The second-order valence-corrected chi connectivity index (χ2v) is 5.35. The SMILES string of the molecule is CC(C)c1cnc2c(c1)NC(=O)C(C)(C)C(=O)N2. The molecule has 1 aliphatic rings. The first-order chi connectivity index (χ1) is 8.32. The van der Waals surface area contributed by atoms with Crippen molar-refractivity contribution in [2.75, 3.05) is 10.6 Å². The number of fused-ring (bicyclic) bond motifs is 1. The van der Waals surface area contributed by atoms with Crippen molar-refractivity contribution in [1.29, 1.82) is 0 Å². The highest BCUT2D eigenvalue weighted by Gasteiger charge is 2.39. The van der Waals surface area contributed by atoms with E-state index in [1.54, 1.807) is 20.0 Å². The molecule has 18 heavy (non-hydrogen) atoms. The summed E-state index contributed by atoms with van der Waals surface area (Å²) in [6.45, 7) is 7.27. The van der Waals surface area contributed by atoms with Crippen LogP contribution in [0.2, 0.25) is 0 Å². The summed E-state index contributed by atoms with van der Waals surface area (Å²) in [5.74, 6) is 0.0556. The molecule has 0 aliphatic carbocycles. The van der Waals surface area contributed by atoms with Crippen LogP contribution in [0.5, 0.6) is 0 Å². The fraction of sp³-hybridized carbons (Fsp3) is 0.462. The molecule has 0 unspecified atom stereocenters. The lowest BCUT2D eigenvalue weighted by Crippen LogP contribution is -2.39. The molecule has 0 saturated carbocycles. The van der Waals surface area contributed by atoms with Gasteiger partial charge in [-0.1, -0.05) is 13.8 Å². The normalized spacial score (nSPS) is 17.8. The molecule has 0 spiro atoms. The molecule has 2 heterocycles. The van der Waals surface area contributed by atoms with Crippen LogP contribution >= 0.6 is 0 Å².